The minimum atomic E-state index is 0.152. The lowest BCUT2D eigenvalue weighted by Crippen LogP contribution is -1.82. The first kappa shape index (κ1) is 6.86. The standard InChI is InChI=1S/C7H7FO2/c1-9-6-3-2-4-7(5-6)10-8/h2-5H,1H3. The molecule has 0 aromatic heterocycles. The molecular formula is C7H7FO2. The zero-order chi connectivity index (χ0) is 7.40. The van der Waals surface area contributed by atoms with Crippen LogP contribution in [-0.4, -0.2) is 7.11 Å². The van der Waals surface area contributed by atoms with Gasteiger partial charge in [-0.1, -0.05) is 6.07 Å². The highest BCUT2D eigenvalue weighted by Crippen LogP contribution is 2.18. The van der Waals surface area contributed by atoms with Crippen molar-refractivity contribution in [3.05, 3.63) is 24.3 Å². The van der Waals surface area contributed by atoms with Crippen molar-refractivity contribution in [1.29, 1.82) is 0 Å². The Hall–Kier alpha value is -1.25. The summed E-state index contributed by atoms with van der Waals surface area (Å²) in [7, 11) is 1.51. The van der Waals surface area contributed by atoms with Gasteiger partial charge in [0.25, 0.3) is 0 Å². The Balaban J connectivity index is 2.87. The average Bonchev–Trinajstić information content (AvgIpc) is 2.05. The fourth-order valence-corrected chi connectivity index (χ4v) is 0.649. The Morgan fingerprint density at radius 2 is 2.00 bits per heavy atom. The quantitative estimate of drug-likeness (QED) is 0.628. The number of halogens is 1. The summed E-state index contributed by atoms with van der Waals surface area (Å²) in [5.74, 6) is 0.731. The minimum Gasteiger partial charge on any atom is -0.497 e. The van der Waals surface area contributed by atoms with E-state index in [-0.39, 0.29) is 5.75 Å². The molecule has 10 heavy (non-hydrogen) atoms. The van der Waals surface area contributed by atoms with Gasteiger partial charge >= 0.3 is 0 Å². The van der Waals surface area contributed by atoms with Crippen LogP contribution in [0.2, 0.25) is 0 Å². The summed E-state index contributed by atoms with van der Waals surface area (Å²) in [5, 5.41) is 0. The van der Waals surface area contributed by atoms with Crippen LogP contribution in [-0.2, 0) is 0 Å². The van der Waals surface area contributed by atoms with E-state index in [9.17, 15) is 4.53 Å². The van der Waals surface area contributed by atoms with Crippen LogP contribution in [0.1, 0.15) is 0 Å². The molecule has 0 aliphatic rings. The Morgan fingerprint density at radius 3 is 2.60 bits per heavy atom. The number of ether oxygens (including phenoxy) is 1. The van der Waals surface area contributed by atoms with Crippen molar-refractivity contribution in [2.75, 3.05) is 7.11 Å². The SMILES string of the molecule is COc1cccc(OF)c1. The van der Waals surface area contributed by atoms with E-state index in [0.29, 0.717) is 5.75 Å². The molecule has 1 rings (SSSR count). The fraction of sp³-hybridized carbons (Fsp3) is 0.143. The van der Waals surface area contributed by atoms with Crippen LogP contribution in [0.3, 0.4) is 0 Å². The van der Waals surface area contributed by atoms with Gasteiger partial charge in [-0.15, -0.1) is 0 Å². The zero-order valence-electron chi connectivity index (χ0n) is 5.50. The van der Waals surface area contributed by atoms with Crippen LogP contribution < -0.4 is 9.68 Å². The minimum absolute atomic E-state index is 0.152. The van der Waals surface area contributed by atoms with Crippen molar-refractivity contribution in [1.82, 2.24) is 0 Å². The van der Waals surface area contributed by atoms with Gasteiger partial charge in [0, 0.05) is 10.6 Å². The average molecular weight is 142 g/mol. The lowest BCUT2D eigenvalue weighted by molar-refractivity contribution is -0.00641. The van der Waals surface area contributed by atoms with E-state index in [1.807, 2.05) is 0 Å². The third-order valence-corrected chi connectivity index (χ3v) is 1.13. The van der Waals surface area contributed by atoms with Gasteiger partial charge in [0.15, 0.2) is 5.75 Å². The smallest absolute Gasteiger partial charge is 0.175 e. The molecule has 0 unspecified atom stereocenters. The maximum Gasteiger partial charge on any atom is 0.175 e. The maximum atomic E-state index is 11.5. The lowest BCUT2D eigenvalue weighted by atomic mass is 10.3. The molecule has 0 heterocycles. The summed E-state index contributed by atoms with van der Waals surface area (Å²) in [6.07, 6.45) is 0. The lowest BCUT2D eigenvalue weighted by Gasteiger charge is -1.98. The van der Waals surface area contributed by atoms with Gasteiger partial charge in [0.2, 0.25) is 0 Å². The second kappa shape index (κ2) is 3.06. The topological polar surface area (TPSA) is 18.5 Å². The van der Waals surface area contributed by atoms with Crippen LogP contribution >= 0.6 is 0 Å². The van der Waals surface area contributed by atoms with Crippen LogP contribution in [0.4, 0.5) is 4.53 Å². The second-order valence-corrected chi connectivity index (χ2v) is 1.76. The van der Waals surface area contributed by atoms with Gasteiger partial charge in [0.1, 0.15) is 5.75 Å². The number of hydrogen-bond acceptors (Lipinski definition) is 2. The first-order valence-corrected chi connectivity index (χ1v) is 2.79. The Bertz CT molecular complexity index is 193. The summed E-state index contributed by atoms with van der Waals surface area (Å²) < 4.78 is 16.3. The first-order chi connectivity index (χ1) is 4.86. The molecule has 1 aromatic carbocycles. The summed E-state index contributed by atoms with van der Waals surface area (Å²) in [6.45, 7) is 0. The highest BCUT2D eigenvalue weighted by molar-refractivity contribution is 5.32. The molecule has 0 bridgehead atoms. The number of rotatable bonds is 2. The van der Waals surface area contributed by atoms with Crippen molar-refractivity contribution in [3.63, 3.8) is 0 Å². The van der Waals surface area contributed by atoms with Crippen LogP contribution in [0, 0.1) is 0 Å². The van der Waals surface area contributed by atoms with Crippen LogP contribution in [0.5, 0.6) is 11.5 Å². The summed E-state index contributed by atoms with van der Waals surface area (Å²) >= 11 is 0. The van der Waals surface area contributed by atoms with E-state index in [2.05, 4.69) is 4.94 Å². The van der Waals surface area contributed by atoms with Gasteiger partial charge in [-0.25, -0.2) is 0 Å². The largest absolute Gasteiger partial charge is 0.497 e. The maximum absolute atomic E-state index is 11.5. The zero-order valence-corrected chi connectivity index (χ0v) is 5.50. The van der Waals surface area contributed by atoms with Crippen LogP contribution in [0.25, 0.3) is 0 Å². The Morgan fingerprint density at radius 1 is 1.30 bits per heavy atom. The van der Waals surface area contributed by atoms with Crippen LogP contribution in [0.15, 0.2) is 24.3 Å². The summed E-state index contributed by atoms with van der Waals surface area (Å²) in [6, 6.07) is 6.32. The highest BCUT2D eigenvalue weighted by Gasteiger charge is 1.94. The molecule has 0 saturated carbocycles. The molecule has 0 aliphatic heterocycles. The third kappa shape index (κ3) is 1.37. The molecule has 3 heteroatoms. The summed E-state index contributed by atoms with van der Waals surface area (Å²) in [5.41, 5.74) is 0. The summed E-state index contributed by atoms with van der Waals surface area (Å²) in [4.78, 5) is 3.48. The molecule has 0 amide bonds. The van der Waals surface area contributed by atoms with E-state index in [1.165, 1.54) is 19.2 Å². The van der Waals surface area contributed by atoms with E-state index >= 15 is 0 Å². The number of hydrogen-bond donors (Lipinski definition) is 0. The Kier molecular flexibility index (Phi) is 2.10. The van der Waals surface area contributed by atoms with E-state index in [1.54, 1.807) is 12.1 Å². The van der Waals surface area contributed by atoms with Crippen molar-refractivity contribution in [2.45, 2.75) is 0 Å². The normalized spacial score (nSPS) is 9.00. The molecule has 0 radical (unpaired) electrons. The molecule has 0 atom stereocenters. The molecule has 0 N–H and O–H groups in total. The van der Waals surface area contributed by atoms with Crippen molar-refractivity contribution in [2.24, 2.45) is 0 Å². The molecule has 0 spiro atoms. The second-order valence-electron chi connectivity index (χ2n) is 1.76. The van der Waals surface area contributed by atoms with Gasteiger partial charge in [-0.05, 0) is 12.1 Å². The van der Waals surface area contributed by atoms with Crippen molar-refractivity contribution < 1.29 is 14.2 Å². The van der Waals surface area contributed by atoms with Gasteiger partial charge in [-0.2, -0.15) is 0 Å². The van der Waals surface area contributed by atoms with Gasteiger partial charge < -0.3 is 4.74 Å². The Labute approximate surface area is 58.1 Å². The molecule has 0 saturated heterocycles. The molecule has 0 aliphatic carbocycles. The number of methoxy groups -OCH3 is 1. The molecule has 1 aromatic rings. The third-order valence-electron chi connectivity index (χ3n) is 1.13. The molecule has 2 nitrogen and oxygen atoms in total. The van der Waals surface area contributed by atoms with Gasteiger partial charge in [-0.3, -0.25) is 4.94 Å². The predicted molar refractivity (Wildman–Crippen MR) is 34.7 cm³/mol. The molecular weight excluding hydrogens is 135 g/mol. The monoisotopic (exact) mass is 142 g/mol. The van der Waals surface area contributed by atoms with E-state index in [0.717, 1.165) is 0 Å². The van der Waals surface area contributed by atoms with Crippen molar-refractivity contribution >= 4 is 0 Å². The highest BCUT2D eigenvalue weighted by atomic mass is 19.3. The van der Waals surface area contributed by atoms with Gasteiger partial charge in [0.05, 0.1) is 7.11 Å². The van der Waals surface area contributed by atoms with E-state index in [4.69, 9.17) is 4.74 Å². The van der Waals surface area contributed by atoms with Crippen molar-refractivity contribution in [3.8, 4) is 11.5 Å². The fourth-order valence-electron chi connectivity index (χ4n) is 0.649. The predicted octanol–water partition coefficient (Wildman–Crippen LogP) is 1.96. The molecule has 54 valence electrons. The first-order valence-electron chi connectivity index (χ1n) is 2.79. The number of benzene rings is 1. The molecule has 0 fully saturated rings. The van der Waals surface area contributed by atoms with E-state index < -0.39 is 0 Å².